The van der Waals surface area contributed by atoms with Crippen LogP contribution in [0.2, 0.25) is 0 Å². The molecule has 1 aliphatic rings. The third-order valence-electron chi connectivity index (χ3n) is 2.17. The van der Waals surface area contributed by atoms with Crippen molar-refractivity contribution in [3.8, 4) is 0 Å². The van der Waals surface area contributed by atoms with Gasteiger partial charge in [-0.15, -0.1) is 0 Å². The summed E-state index contributed by atoms with van der Waals surface area (Å²) in [6.07, 6.45) is 0.294. The lowest BCUT2D eigenvalue weighted by Crippen LogP contribution is -2.26. The van der Waals surface area contributed by atoms with Crippen molar-refractivity contribution in [3.63, 3.8) is 0 Å². The Morgan fingerprint density at radius 1 is 1.59 bits per heavy atom. The molecule has 0 aliphatic carbocycles. The second kappa shape index (κ2) is 6.68. The van der Waals surface area contributed by atoms with E-state index in [1.807, 2.05) is 13.8 Å². The molecule has 100 valence electrons. The van der Waals surface area contributed by atoms with Crippen LogP contribution in [-0.2, 0) is 23.7 Å². The van der Waals surface area contributed by atoms with Gasteiger partial charge in [-0.05, 0) is 29.8 Å². The Bertz CT molecular complexity index is 256. The summed E-state index contributed by atoms with van der Waals surface area (Å²) in [7, 11) is 0. The van der Waals surface area contributed by atoms with Crippen LogP contribution < -0.4 is 0 Å². The highest BCUT2D eigenvalue weighted by Crippen LogP contribution is 2.22. The van der Waals surface area contributed by atoms with Gasteiger partial charge in [0.2, 0.25) is 0 Å². The highest BCUT2D eigenvalue weighted by atomic mass is 79.9. The lowest BCUT2D eigenvalue weighted by atomic mass is 10.4. The molecule has 0 aromatic rings. The average molecular weight is 311 g/mol. The maximum Gasteiger partial charge on any atom is 0.306 e. The van der Waals surface area contributed by atoms with Gasteiger partial charge in [0.15, 0.2) is 10.8 Å². The second-order valence-electron chi connectivity index (χ2n) is 4.24. The van der Waals surface area contributed by atoms with Crippen LogP contribution in [0.3, 0.4) is 0 Å². The first-order valence-corrected chi connectivity index (χ1v) is 6.57. The van der Waals surface area contributed by atoms with Crippen molar-refractivity contribution in [2.75, 3.05) is 19.8 Å². The van der Waals surface area contributed by atoms with Crippen molar-refractivity contribution < 1.29 is 23.7 Å². The maximum atomic E-state index is 11.0. The molecule has 0 aromatic carbocycles. The number of carbonyl (C=O) groups excluding carboxylic acids is 1. The molecule has 0 spiro atoms. The van der Waals surface area contributed by atoms with E-state index in [2.05, 4.69) is 15.9 Å². The SMILES string of the molecule is CCC(=O)OC(Br)COCC1COC(C)(C)O1. The van der Waals surface area contributed by atoms with Crippen LogP contribution in [0.4, 0.5) is 0 Å². The van der Waals surface area contributed by atoms with Crippen LogP contribution in [0, 0.1) is 0 Å². The van der Waals surface area contributed by atoms with Crippen molar-refractivity contribution in [2.24, 2.45) is 0 Å². The van der Waals surface area contributed by atoms with Crippen molar-refractivity contribution in [1.82, 2.24) is 0 Å². The molecule has 1 heterocycles. The molecule has 17 heavy (non-hydrogen) atoms. The number of esters is 1. The molecule has 1 aliphatic heterocycles. The standard InChI is InChI=1S/C11H19BrO5/c1-4-10(13)16-9(12)7-14-5-8-6-15-11(2,3)17-8/h8-9H,4-7H2,1-3H3. The van der Waals surface area contributed by atoms with Crippen molar-refractivity contribution in [1.29, 1.82) is 0 Å². The molecule has 1 rings (SSSR count). The van der Waals surface area contributed by atoms with Gasteiger partial charge in [0.1, 0.15) is 6.10 Å². The van der Waals surface area contributed by atoms with E-state index in [0.717, 1.165) is 0 Å². The lowest BCUT2D eigenvalue weighted by Gasteiger charge is -2.17. The minimum atomic E-state index is -0.531. The fraction of sp³-hybridized carbons (Fsp3) is 0.909. The molecule has 1 fully saturated rings. The zero-order valence-electron chi connectivity index (χ0n) is 10.4. The smallest absolute Gasteiger partial charge is 0.306 e. The van der Waals surface area contributed by atoms with Gasteiger partial charge >= 0.3 is 5.97 Å². The topological polar surface area (TPSA) is 54.0 Å². The Labute approximate surface area is 110 Å². The molecular formula is C11H19BrO5. The van der Waals surface area contributed by atoms with Gasteiger partial charge in [0.05, 0.1) is 19.8 Å². The van der Waals surface area contributed by atoms with Crippen molar-refractivity contribution in [2.45, 2.75) is 44.1 Å². The fourth-order valence-corrected chi connectivity index (χ4v) is 1.79. The minimum absolute atomic E-state index is 0.0634. The van der Waals surface area contributed by atoms with E-state index < -0.39 is 10.8 Å². The van der Waals surface area contributed by atoms with E-state index in [1.165, 1.54) is 0 Å². The van der Waals surface area contributed by atoms with Gasteiger partial charge in [-0.2, -0.15) is 0 Å². The Hall–Kier alpha value is -0.170. The number of carbonyl (C=O) groups is 1. The molecule has 6 heteroatoms. The van der Waals surface area contributed by atoms with Gasteiger partial charge in [0, 0.05) is 6.42 Å². The van der Waals surface area contributed by atoms with Gasteiger partial charge in [-0.3, -0.25) is 4.79 Å². The average Bonchev–Trinajstić information content (AvgIpc) is 2.58. The summed E-state index contributed by atoms with van der Waals surface area (Å²) in [5.74, 6) is -0.784. The Morgan fingerprint density at radius 3 is 2.82 bits per heavy atom. The number of alkyl halides is 1. The molecule has 1 saturated heterocycles. The Morgan fingerprint density at radius 2 is 2.29 bits per heavy atom. The minimum Gasteiger partial charge on any atom is -0.448 e. The normalized spacial score (nSPS) is 24.6. The summed E-state index contributed by atoms with van der Waals surface area (Å²) >= 11 is 3.21. The predicted molar refractivity (Wildman–Crippen MR) is 64.8 cm³/mol. The molecule has 0 aromatic heterocycles. The van der Waals surface area contributed by atoms with Crippen LogP contribution in [0.5, 0.6) is 0 Å². The van der Waals surface area contributed by atoms with Gasteiger partial charge in [-0.1, -0.05) is 6.92 Å². The van der Waals surface area contributed by atoms with E-state index in [9.17, 15) is 4.79 Å². The van der Waals surface area contributed by atoms with Crippen LogP contribution in [0.15, 0.2) is 0 Å². The number of halogens is 1. The molecule has 0 N–H and O–H groups in total. The summed E-state index contributed by atoms with van der Waals surface area (Å²) < 4.78 is 21.3. The van der Waals surface area contributed by atoms with E-state index >= 15 is 0 Å². The zero-order valence-corrected chi connectivity index (χ0v) is 12.0. The summed E-state index contributed by atoms with van der Waals surface area (Å²) in [6.45, 7) is 6.72. The molecule has 5 nitrogen and oxygen atoms in total. The molecule has 0 radical (unpaired) electrons. The van der Waals surface area contributed by atoms with E-state index in [1.54, 1.807) is 6.92 Å². The summed E-state index contributed by atoms with van der Waals surface area (Å²) in [5.41, 5.74) is 0. The molecule has 2 unspecified atom stereocenters. The van der Waals surface area contributed by atoms with Crippen LogP contribution in [0.25, 0.3) is 0 Å². The van der Waals surface area contributed by atoms with Crippen LogP contribution in [0.1, 0.15) is 27.2 Å². The van der Waals surface area contributed by atoms with Crippen molar-refractivity contribution >= 4 is 21.9 Å². The van der Waals surface area contributed by atoms with Gasteiger partial charge in [0.25, 0.3) is 0 Å². The Balaban J connectivity index is 2.10. The number of hydrogen-bond acceptors (Lipinski definition) is 5. The molecular weight excluding hydrogens is 292 g/mol. The monoisotopic (exact) mass is 310 g/mol. The van der Waals surface area contributed by atoms with Crippen LogP contribution >= 0.6 is 15.9 Å². The maximum absolute atomic E-state index is 11.0. The van der Waals surface area contributed by atoms with Gasteiger partial charge in [-0.25, -0.2) is 0 Å². The first-order chi connectivity index (χ1) is 7.93. The number of ether oxygens (including phenoxy) is 4. The summed E-state index contributed by atoms with van der Waals surface area (Å²) in [5, 5.41) is -0.412. The summed E-state index contributed by atoms with van der Waals surface area (Å²) in [6, 6.07) is 0. The quantitative estimate of drug-likeness (QED) is 0.553. The van der Waals surface area contributed by atoms with Crippen LogP contribution in [-0.4, -0.2) is 42.7 Å². The first kappa shape index (κ1) is 14.9. The van der Waals surface area contributed by atoms with Crippen molar-refractivity contribution in [3.05, 3.63) is 0 Å². The molecule has 2 atom stereocenters. The molecule has 0 saturated carbocycles. The lowest BCUT2D eigenvalue weighted by molar-refractivity contribution is -0.150. The Kier molecular flexibility index (Phi) is 5.85. The third kappa shape index (κ3) is 5.81. The summed E-state index contributed by atoms with van der Waals surface area (Å²) in [4.78, 5) is 11.0. The molecule has 0 bridgehead atoms. The second-order valence-corrected chi connectivity index (χ2v) is 5.26. The zero-order chi connectivity index (χ0) is 12.9. The van der Waals surface area contributed by atoms with Gasteiger partial charge < -0.3 is 18.9 Å². The first-order valence-electron chi connectivity index (χ1n) is 5.66. The fourth-order valence-electron chi connectivity index (χ4n) is 1.40. The van der Waals surface area contributed by atoms with E-state index in [-0.39, 0.29) is 12.1 Å². The largest absolute Gasteiger partial charge is 0.448 e. The predicted octanol–water partition coefficient (Wildman–Crippen LogP) is 1.83. The number of rotatable bonds is 6. The highest BCUT2D eigenvalue weighted by Gasteiger charge is 2.32. The highest BCUT2D eigenvalue weighted by molar-refractivity contribution is 9.09. The van der Waals surface area contributed by atoms with E-state index in [0.29, 0.717) is 26.2 Å². The number of hydrogen-bond donors (Lipinski definition) is 0. The van der Waals surface area contributed by atoms with E-state index in [4.69, 9.17) is 18.9 Å². The third-order valence-corrected chi connectivity index (χ3v) is 2.62. The molecule has 0 amide bonds.